The molecule has 168 valence electrons. The Kier molecular flexibility index (Phi) is 6.26. The molecule has 1 heterocycles. The zero-order valence-electron chi connectivity index (χ0n) is 18.8. The van der Waals surface area contributed by atoms with Crippen LogP contribution in [0.3, 0.4) is 0 Å². The number of rotatable bonds is 7. The monoisotopic (exact) mass is 444 g/mol. The minimum Gasteiger partial charge on any atom is -0.497 e. The van der Waals surface area contributed by atoms with Crippen LogP contribution >= 0.6 is 0 Å². The molecule has 33 heavy (non-hydrogen) atoms. The first-order valence-corrected chi connectivity index (χ1v) is 10.2. The molecular weight excluding hydrogens is 420 g/mol. The minimum atomic E-state index is -0.275. The number of aromatic nitrogens is 3. The number of carbonyl (C=O) groups is 1. The van der Waals surface area contributed by atoms with E-state index in [1.54, 1.807) is 49.2 Å². The number of aryl methyl sites for hydroxylation is 1. The fraction of sp³-hybridized carbons (Fsp3) is 0.160. The van der Waals surface area contributed by atoms with Gasteiger partial charge in [-0.2, -0.15) is 4.98 Å². The van der Waals surface area contributed by atoms with Gasteiger partial charge in [0.05, 0.1) is 27.0 Å². The van der Waals surface area contributed by atoms with Crippen molar-refractivity contribution in [3.63, 3.8) is 0 Å². The zero-order valence-corrected chi connectivity index (χ0v) is 18.8. The Morgan fingerprint density at radius 1 is 0.848 bits per heavy atom. The molecule has 0 aliphatic heterocycles. The van der Waals surface area contributed by atoms with Gasteiger partial charge in [0.2, 0.25) is 0 Å². The fourth-order valence-electron chi connectivity index (χ4n) is 3.28. The van der Waals surface area contributed by atoms with Gasteiger partial charge in [0.25, 0.3) is 5.91 Å². The Morgan fingerprint density at radius 2 is 1.48 bits per heavy atom. The van der Waals surface area contributed by atoms with E-state index in [9.17, 15) is 4.79 Å². The number of nitrogens with zero attached hydrogens (tertiary/aromatic N) is 3. The van der Waals surface area contributed by atoms with Gasteiger partial charge < -0.3 is 19.5 Å². The highest BCUT2D eigenvalue weighted by atomic mass is 16.5. The van der Waals surface area contributed by atoms with Gasteiger partial charge in [0.1, 0.15) is 11.5 Å². The van der Waals surface area contributed by atoms with Gasteiger partial charge in [-0.25, -0.2) is 4.68 Å². The highest BCUT2D eigenvalue weighted by molar-refractivity contribution is 6.04. The number of amides is 1. The first-order valence-electron chi connectivity index (χ1n) is 10.2. The number of ether oxygens (including phenoxy) is 3. The molecule has 0 atom stereocenters. The van der Waals surface area contributed by atoms with Gasteiger partial charge in [-0.3, -0.25) is 4.79 Å². The highest BCUT2D eigenvalue weighted by Crippen LogP contribution is 2.26. The molecule has 0 saturated heterocycles. The maximum Gasteiger partial charge on any atom is 0.336 e. The van der Waals surface area contributed by atoms with Crippen molar-refractivity contribution in [3.05, 3.63) is 77.9 Å². The van der Waals surface area contributed by atoms with Crippen LogP contribution in [-0.4, -0.2) is 42.0 Å². The molecule has 0 aliphatic rings. The standard InChI is InChI=1S/C25H24N4O4/c1-16-5-7-17(8-6-16)23-27-25(33-4)28-29(23)20-11-9-19(10-12-20)26-24(30)18-13-21(31-2)15-22(14-18)32-3/h5-15H,1-4H3,(H,26,30). The summed E-state index contributed by atoms with van der Waals surface area (Å²) in [5, 5.41) is 7.33. The average Bonchev–Trinajstić information content (AvgIpc) is 3.29. The Bertz CT molecular complexity index is 1240. The summed E-state index contributed by atoms with van der Waals surface area (Å²) in [5.74, 6) is 1.46. The molecule has 0 aliphatic carbocycles. The van der Waals surface area contributed by atoms with Crippen molar-refractivity contribution in [2.24, 2.45) is 0 Å². The predicted molar refractivity (Wildman–Crippen MR) is 126 cm³/mol. The van der Waals surface area contributed by atoms with Crippen LogP contribution in [0, 0.1) is 6.92 Å². The lowest BCUT2D eigenvalue weighted by atomic mass is 10.1. The first-order chi connectivity index (χ1) is 16.0. The van der Waals surface area contributed by atoms with E-state index >= 15 is 0 Å². The third kappa shape index (κ3) is 4.79. The molecule has 0 saturated carbocycles. The number of carbonyl (C=O) groups excluding carboxylic acids is 1. The predicted octanol–water partition coefficient (Wildman–Crippen LogP) is 4.52. The van der Waals surface area contributed by atoms with Crippen LogP contribution in [-0.2, 0) is 0 Å². The van der Waals surface area contributed by atoms with Gasteiger partial charge in [-0.1, -0.05) is 29.8 Å². The van der Waals surface area contributed by atoms with E-state index in [0.29, 0.717) is 28.6 Å². The number of anilines is 1. The van der Waals surface area contributed by atoms with Crippen LogP contribution in [0.1, 0.15) is 15.9 Å². The van der Waals surface area contributed by atoms with Crippen molar-refractivity contribution in [1.82, 2.24) is 14.8 Å². The van der Waals surface area contributed by atoms with Crippen LogP contribution in [0.25, 0.3) is 17.1 Å². The molecule has 8 nitrogen and oxygen atoms in total. The summed E-state index contributed by atoms with van der Waals surface area (Å²) < 4.78 is 17.4. The molecule has 4 aromatic rings. The van der Waals surface area contributed by atoms with Crippen molar-refractivity contribution < 1.29 is 19.0 Å². The molecule has 4 rings (SSSR count). The molecular formula is C25H24N4O4. The van der Waals surface area contributed by atoms with Crippen molar-refractivity contribution in [2.75, 3.05) is 26.6 Å². The normalized spacial score (nSPS) is 10.5. The van der Waals surface area contributed by atoms with Crippen LogP contribution in [0.5, 0.6) is 17.5 Å². The Labute approximate surface area is 191 Å². The summed E-state index contributed by atoms with van der Waals surface area (Å²) >= 11 is 0. The van der Waals surface area contributed by atoms with E-state index < -0.39 is 0 Å². The van der Waals surface area contributed by atoms with E-state index in [1.165, 1.54) is 7.11 Å². The summed E-state index contributed by atoms with van der Waals surface area (Å²) in [7, 11) is 4.61. The second-order valence-electron chi connectivity index (χ2n) is 7.30. The largest absolute Gasteiger partial charge is 0.497 e. The molecule has 0 bridgehead atoms. The van der Waals surface area contributed by atoms with E-state index in [-0.39, 0.29) is 11.9 Å². The van der Waals surface area contributed by atoms with Crippen LogP contribution in [0.15, 0.2) is 66.7 Å². The quantitative estimate of drug-likeness (QED) is 0.451. The Balaban J connectivity index is 1.59. The Morgan fingerprint density at radius 3 is 2.06 bits per heavy atom. The Hall–Kier alpha value is -4.33. The lowest BCUT2D eigenvalue weighted by Gasteiger charge is -2.10. The molecule has 1 N–H and O–H groups in total. The fourth-order valence-corrected chi connectivity index (χ4v) is 3.28. The lowest BCUT2D eigenvalue weighted by Crippen LogP contribution is -2.12. The highest BCUT2D eigenvalue weighted by Gasteiger charge is 2.15. The maximum atomic E-state index is 12.7. The van der Waals surface area contributed by atoms with Crippen molar-refractivity contribution in [2.45, 2.75) is 6.92 Å². The van der Waals surface area contributed by atoms with Crippen molar-refractivity contribution in [1.29, 1.82) is 0 Å². The lowest BCUT2D eigenvalue weighted by molar-refractivity contribution is 0.102. The average molecular weight is 444 g/mol. The van der Waals surface area contributed by atoms with E-state index in [1.807, 2.05) is 43.3 Å². The third-order valence-corrected chi connectivity index (χ3v) is 5.06. The second kappa shape index (κ2) is 9.44. The molecule has 0 unspecified atom stereocenters. The molecule has 0 fully saturated rings. The van der Waals surface area contributed by atoms with Gasteiger partial charge in [-0.05, 0) is 43.3 Å². The van der Waals surface area contributed by atoms with E-state index in [0.717, 1.165) is 16.8 Å². The summed E-state index contributed by atoms with van der Waals surface area (Å²) in [6.45, 7) is 2.03. The first kappa shape index (κ1) is 21.9. The second-order valence-corrected chi connectivity index (χ2v) is 7.30. The summed E-state index contributed by atoms with van der Waals surface area (Å²) in [5.41, 5.74) is 3.92. The van der Waals surface area contributed by atoms with Gasteiger partial charge in [0.15, 0.2) is 5.82 Å². The van der Waals surface area contributed by atoms with Gasteiger partial charge in [0, 0.05) is 22.9 Å². The van der Waals surface area contributed by atoms with Crippen LogP contribution in [0.2, 0.25) is 0 Å². The number of hydrogen-bond acceptors (Lipinski definition) is 6. The molecule has 0 radical (unpaired) electrons. The maximum absolute atomic E-state index is 12.7. The SMILES string of the molecule is COc1cc(OC)cc(C(=O)Nc2ccc(-n3nc(OC)nc3-c3ccc(C)cc3)cc2)c1. The smallest absolute Gasteiger partial charge is 0.336 e. The minimum absolute atomic E-state index is 0.273. The molecule has 8 heteroatoms. The van der Waals surface area contributed by atoms with Gasteiger partial charge >= 0.3 is 6.01 Å². The topological polar surface area (TPSA) is 87.5 Å². The molecule has 1 amide bonds. The van der Waals surface area contributed by atoms with E-state index in [4.69, 9.17) is 14.2 Å². The molecule has 1 aromatic heterocycles. The summed E-state index contributed by atoms with van der Waals surface area (Å²) in [6.07, 6.45) is 0. The molecule has 3 aromatic carbocycles. The van der Waals surface area contributed by atoms with E-state index in [2.05, 4.69) is 15.4 Å². The number of methoxy groups -OCH3 is 3. The number of hydrogen-bond donors (Lipinski definition) is 1. The molecule has 0 spiro atoms. The summed E-state index contributed by atoms with van der Waals surface area (Å²) in [4.78, 5) is 17.2. The van der Waals surface area contributed by atoms with Crippen LogP contribution < -0.4 is 19.5 Å². The van der Waals surface area contributed by atoms with Gasteiger partial charge in [-0.15, -0.1) is 5.10 Å². The summed E-state index contributed by atoms with van der Waals surface area (Å²) in [6, 6.07) is 20.6. The van der Waals surface area contributed by atoms with Crippen LogP contribution in [0.4, 0.5) is 5.69 Å². The zero-order chi connectivity index (χ0) is 23.4. The van der Waals surface area contributed by atoms with Crippen molar-refractivity contribution >= 4 is 11.6 Å². The number of nitrogens with one attached hydrogen (secondary N) is 1. The van der Waals surface area contributed by atoms with Crippen molar-refractivity contribution in [3.8, 4) is 34.6 Å². The third-order valence-electron chi connectivity index (χ3n) is 5.06. The number of benzene rings is 3.